The summed E-state index contributed by atoms with van der Waals surface area (Å²) in [6.45, 7) is 5.64. The number of rotatable bonds is 8. The first-order valence-corrected chi connectivity index (χ1v) is 12.9. The Balaban J connectivity index is 1.64. The first-order valence-electron chi connectivity index (χ1n) is 12.2. The van der Waals surface area contributed by atoms with Crippen LogP contribution >= 0.6 is 15.9 Å². The summed E-state index contributed by atoms with van der Waals surface area (Å²) in [6.07, 6.45) is 0. The van der Waals surface area contributed by atoms with Gasteiger partial charge in [-0.15, -0.1) is 0 Å². The third kappa shape index (κ3) is 4.34. The molecule has 7 nitrogen and oxygen atoms in total. The van der Waals surface area contributed by atoms with E-state index in [4.69, 9.17) is 14.5 Å². The molecule has 1 aromatic heterocycles. The number of carbonyl (C=O) groups is 2. The molecule has 2 heterocycles. The van der Waals surface area contributed by atoms with E-state index in [9.17, 15) is 9.59 Å². The van der Waals surface area contributed by atoms with Gasteiger partial charge < -0.3 is 18.9 Å². The van der Waals surface area contributed by atoms with Crippen molar-refractivity contribution in [1.29, 1.82) is 0 Å². The van der Waals surface area contributed by atoms with E-state index in [0.29, 0.717) is 36.1 Å². The molecule has 0 saturated carbocycles. The van der Waals surface area contributed by atoms with Crippen LogP contribution in [0.2, 0.25) is 0 Å². The number of Topliss-reactive ketones (excluding diaryl/α,β-unsaturated/α-hetero) is 1. The second kappa shape index (κ2) is 10.1. The maximum absolute atomic E-state index is 12.8. The highest BCUT2D eigenvalue weighted by Crippen LogP contribution is 2.40. The Morgan fingerprint density at radius 1 is 1.03 bits per heavy atom. The average molecular weight is 562 g/mol. The number of aromatic nitrogens is 2. The predicted molar refractivity (Wildman–Crippen MR) is 147 cm³/mol. The van der Waals surface area contributed by atoms with Crippen molar-refractivity contribution < 1.29 is 19.1 Å². The molecule has 0 N–H and O–H groups in total. The van der Waals surface area contributed by atoms with E-state index >= 15 is 0 Å². The minimum Gasteiger partial charge on any atom is -0.494 e. The highest BCUT2D eigenvalue weighted by Gasteiger charge is 2.36. The summed E-state index contributed by atoms with van der Waals surface area (Å²) in [5.41, 5.74) is 5.63. The molecule has 37 heavy (non-hydrogen) atoms. The lowest BCUT2D eigenvalue weighted by molar-refractivity contribution is -0.114. The second-order valence-corrected chi connectivity index (χ2v) is 10.1. The number of ether oxygens (including phenoxy) is 2. The Kier molecular flexibility index (Phi) is 6.88. The molecule has 190 valence electrons. The fraction of sp³-hybridized carbons (Fsp3) is 0.276. The molecule has 0 radical (unpaired) electrons. The lowest BCUT2D eigenvalue weighted by Crippen LogP contribution is -2.29. The summed E-state index contributed by atoms with van der Waals surface area (Å²) >= 11 is 3.76. The molecule has 1 aliphatic rings. The van der Waals surface area contributed by atoms with Crippen LogP contribution in [0.25, 0.3) is 22.4 Å². The molecule has 0 aliphatic carbocycles. The van der Waals surface area contributed by atoms with Crippen molar-refractivity contribution in [3.63, 3.8) is 0 Å². The molecule has 0 saturated heterocycles. The molecule has 0 spiro atoms. The molecule has 4 aromatic rings. The van der Waals surface area contributed by atoms with E-state index in [2.05, 4.69) is 58.6 Å². The smallest absolute Gasteiger partial charge is 0.299 e. The summed E-state index contributed by atoms with van der Waals surface area (Å²) in [5, 5.41) is 0. The fourth-order valence-electron chi connectivity index (χ4n) is 4.78. The number of carbonyl (C=O) groups excluding carboxylic acids is 2. The van der Waals surface area contributed by atoms with Gasteiger partial charge in [-0.2, -0.15) is 0 Å². The minimum absolute atomic E-state index is 0.206. The summed E-state index contributed by atoms with van der Waals surface area (Å²) in [6, 6.07) is 17.4. The first-order chi connectivity index (χ1) is 17.8. The Hall–Kier alpha value is -3.49. The van der Waals surface area contributed by atoms with Gasteiger partial charge in [0.2, 0.25) is 0 Å². The van der Waals surface area contributed by atoms with Crippen molar-refractivity contribution in [1.82, 2.24) is 9.55 Å². The van der Waals surface area contributed by atoms with Crippen molar-refractivity contribution in [2.75, 3.05) is 25.7 Å². The molecular weight excluding hydrogens is 534 g/mol. The lowest BCUT2D eigenvalue weighted by atomic mass is 10.0. The number of anilines is 1. The summed E-state index contributed by atoms with van der Waals surface area (Å²) in [7, 11) is 3.30. The Labute approximate surface area is 224 Å². The van der Waals surface area contributed by atoms with Gasteiger partial charge in [-0.05, 0) is 51.2 Å². The van der Waals surface area contributed by atoms with Gasteiger partial charge in [-0.25, -0.2) is 4.98 Å². The van der Waals surface area contributed by atoms with Gasteiger partial charge in [0.15, 0.2) is 0 Å². The van der Waals surface area contributed by atoms with Crippen molar-refractivity contribution >= 4 is 44.3 Å². The van der Waals surface area contributed by atoms with Crippen molar-refractivity contribution in [2.45, 2.75) is 32.9 Å². The molecule has 1 amide bonds. The summed E-state index contributed by atoms with van der Waals surface area (Å²) < 4.78 is 14.1. The number of hydrogen-bond acceptors (Lipinski definition) is 5. The molecule has 8 heteroatoms. The van der Waals surface area contributed by atoms with Gasteiger partial charge in [0.05, 0.1) is 36.0 Å². The SMILES string of the molecule is COCCn1c(-c2ccc(C(C)C)cc2)nc2c(Br)c(CN3C(=O)C(=O)c4ccccc43)cc(OC)c21. The number of benzene rings is 3. The number of halogens is 1. The largest absolute Gasteiger partial charge is 0.494 e. The molecule has 0 atom stereocenters. The zero-order chi connectivity index (χ0) is 26.3. The monoisotopic (exact) mass is 561 g/mol. The van der Waals surface area contributed by atoms with Crippen LogP contribution in [0.3, 0.4) is 0 Å². The number of nitrogens with zero attached hydrogens (tertiary/aromatic N) is 3. The predicted octanol–water partition coefficient (Wildman–Crippen LogP) is 5.97. The average Bonchev–Trinajstić information content (AvgIpc) is 3.41. The van der Waals surface area contributed by atoms with E-state index in [1.54, 1.807) is 32.4 Å². The van der Waals surface area contributed by atoms with Crippen molar-refractivity contribution in [3.8, 4) is 17.1 Å². The Morgan fingerprint density at radius 2 is 1.76 bits per heavy atom. The third-order valence-corrected chi connectivity index (χ3v) is 7.66. The van der Waals surface area contributed by atoms with Gasteiger partial charge in [-0.3, -0.25) is 9.59 Å². The van der Waals surface area contributed by atoms with E-state index < -0.39 is 11.7 Å². The number of methoxy groups -OCH3 is 2. The van der Waals surface area contributed by atoms with Crippen LogP contribution in [0.5, 0.6) is 5.75 Å². The minimum atomic E-state index is -0.538. The van der Waals surface area contributed by atoms with E-state index in [-0.39, 0.29) is 6.54 Å². The van der Waals surface area contributed by atoms with Gasteiger partial charge in [-0.1, -0.05) is 50.2 Å². The third-order valence-electron chi connectivity index (χ3n) is 6.78. The quantitative estimate of drug-likeness (QED) is 0.247. The molecule has 0 fully saturated rings. The van der Waals surface area contributed by atoms with Crippen LogP contribution in [0, 0.1) is 0 Å². The highest BCUT2D eigenvalue weighted by molar-refractivity contribution is 9.10. The van der Waals surface area contributed by atoms with E-state index in [1.165, 1.54) is 10.5 Å². The van der Waals surface area contributed by atoms with Gasteiger partial charge in [0.25, 0.3) is 11.7 Å². The van der Waals surface area contributed by atoms with Crippen molar-refractivity contribution in [2.24, 2.45) is 0 Å². The van der Waals surface area contributed by atoms with E-state index in [0.717, 1.165) is 32.5 Å². The van der Waals surface area contributed by atoms with Gasteiger partial charge in [0, 0.05) is 19.2 Å². The van der Waals surface area contributed by atoms with Crippen LogP contribution < -0.4 is 9.64 Å². The molecule has 3 aromatic carbocycles. The van der Waals surface area contributed by atoms with Crippen LogP contribution in [-0.4, -0.2) is 42.1 Å². The highest BCUT2D eigenvalue weighted by atomic mass is 79.9. The Bertz CT molecular complexity index is 1510. The number of hydrogen-bond donors (Lipinski definition) is 0. The lowest BCUT2D eigenvalue weighted by Gasteiger charge is -2.19. The van der Waals surface area contributed by atoms with E-state index in [1.807, 2.05) is 12.1 Å². The number of amides is 1. The number of imidazole rings is 1. The van der Waals surface area contributed by atoms with Crippen LogP contribution in [-0.2, 0) is 22.6 Å². The topological polar surface area (TPSA) is 73.7 Å². The zero-order valence-electron chi connectivity index (χ0n) is 21.2. The molecule has 0 bridgehead atoms. The summed E-state index contributed by atoms with van der Waals surface area (Å²) in [5.74, 6) is 0.840. The first kappa shape index (κ1) is 25.2. The number of fused-ring (bicyclic) bond motifs is 2. The number of para-hydroxylation sites is 1. The molecule has 1 aliphatic heterocycles. The normalized spacial score (nSPS) is 13.2. The second-order valence-electron chi connectivity index (χ2n) is 9.34. The fourth-order valence-corrected chi connectivity index (χ4v) is 5.30. The Morgan fingerprint density at radius 3 is 2.43 bits per heavy atom. The zero-order valence-corrected chi connectivity index (χ0v) is 22.8. The maximum atomic E-state index is 12.8. The number of ketones is 1. The molecule has 5 rings (SSSR count). The maximum Gasteiger partial charge on any atom is 0.299 e. The van der Waals surface area contributed by atoms with Gasteiger partial charge in [0.1, 0.15) is 22.6 Å². The standard InChI is InChI=1S/C29H28BrN3O4/c1-17(2)18-9-11-19(12-10-18)28-31-25-24(30)20(15-23(37-4)26(25)32(28)13-14-36-3)16-33-22-8-6-5-7-21(22)27(34)29(33)35/h5-12,15,17H,13-14,16H2,1-4H3. The van der Waals surface area contributed by atoms with Gasteiger partial charge >= 0.3 is 0 Å². The van der Waals surface area contributed by atoms with Crippen LogP contribution in [0.1, 0.15) is 41.3 Å². The molecule has 0 unspecified atom stereocenters. The van der Waals surface area contributed by atoms with Crippen molar-refractivity contribution in [3.05, 3.63) is 75.8 Å². The summed E-state index contributed by atoms with van der Waals surface area (Å²) in [4.78, 5) is 31.9. The van der Waals surface area contributed by atoms with Crippen LogP contribution in [0.4, 0.5) is 5.69 Å². The molecular formula is C29H28BrN3O4. The van der Waals surface area contributed by atoms with Crippen LogP contribution in [0.15, 0.2) is 59.1 Å².